The summed E-state index contributed by atoms with van der Waals surface area (Å²) < 4.78 is 33.9. The third-order valence-corrected chi connectivity index (χ3v) is 4.41. The normalized spacial score (nSPS) is 19.1. The second-order valence-corrected chi connectivity index (χ2v) is 5.90. The van der Waals surface area contributed by atoms with Gasteiger partial charge in [0, 0.05) is 31.3 Å². The molecule has 126 valence electrons. The van der Waals surface area contributed by atoms with Crippen LogP contribution in [-0.2, 0) is 13.2 Å². The van der Waals surface area contributed by atoms with E-state index < -0.39 is 17.3 Å². The molecular weight excluding hydrogens is 318 g/mol. The minimum Gasteiger partial charge on any atom is -0.472 e. The Morgan fingerprint density at radius 2 is 2.25 bits per heavy atom. The van der Waals surface area contributed by atoms with Gasteiger partial charge in [-0.1, -0.05) is 12.1 Å². The fraction of sp³-hybridized carbons (Fsp3) is 0.375. The van der Waals surface area contributed by atoms with Gasteiger partial charge >= 0.3 is 5.69 Å². The van der Waals surface area contributed by atoms with Crippen LogP contribution < -0.4 is 20.6 Å². The highest BCUT2D eigenvalue weighted by atomic mass is 19.2. The van der Waals surface area contributed by atoms with Gasteiger partial charge in [0.1, 0.15) is 12.4 Å². The number of fused-ring (bicyclic) bond motifs is 3. The molecule has 1 atom stereocenters. The summed E-state index contributed by atoms with van der Waals surface area (Å²) in [6.07, 6.45) is 0. The number of ether oxygens (including phenoxy) is 1. The van der Waals surface area contributed by atoms with E-state index in [-0.39, 0.29) is 24.1 Å². The van der Waals surface area contributed by atoms with Gasteiger partial charge in [0.15, 0.2) is 11.6 Å². The Morgan fingerprint density at radius 1 is 1.38 bits per heavy atom. The SMILES string of the molecule is O=c1nc(OCc2cccc(F)c2F)cc2n1CC1CNCCN21. The maximum atomic E-state index is 13.7. The number of hydrogen-bond donors (Lipinski definition) is 1. The van der Waals surface area contributed by atoms with E-state index in [1.807, 2.05) is 0 Å². The maximum Gasteiger partial charge on any atom is 0.352 e. The van der Waals surface area contributed by atoms with Crippen molar-refractivity contribution in [3.8, 4) is 5.88 Å². The lowest BCUT2D eigenvalue weighted by Gasteiger charge is -2.31. The zero-order valence-corrected chi connectivity index (χ0v) is 12.8. The number of piperazine rings is 1. The second kappa shape index (κ2) is 5.86. The van der Waals surface area contributed by atoms with Gasteiger partial charge < -0.3 is 15.0 Å². The van der Waals surface area contributed by atoms with Gasteiger partial charge in [0.05, 0.1) is 12.6 Å². The van der Waals surface area contributed by atoms with E-state index in [1.165, 1.54) is 12.1 Å². The molecule has 0 amide bonds. The Balaban J connectivity index is 1.58. The summed E-state index contributed by atoms with van der Waals surface area (Å²) in [7, 11) is 0. The van der Waals surface area contributed by atoms with E-state index >= 15 is 0 Å². The van der Waals surface area contributed by atoms with Crippen LogP contribution >= 0.6 is 0 Å². The molecule has 1 N–H and O–H groups in total. The zero-order chi connectivity index (χ0) is 16.7. The molecule has 2 aliphatic rings. The molecule has 8 heteroatoms. The first-order valence-corrected chi connectivity index (χ1v) is 7.78. The number of hydrogen-bond acceptors (Lipinski definition) is 5. The highest BCUT2D eigenvalue weighted by Gasteiger charge is 2.32. The van der Waals surface area contributed by atoms with Gasteiger partial charge in [0.25, 0.3) is 0 Å². The van der Waals surface area contributed by atoms with Crippen LogP contribution in [0.5, 0.6) is 5.88 Å². The second-order valence-electron chi connectivity index (χ2n) is 5.90. The van der Waals surface area contributed by atoms with E-state index in [0.717, 1.165) is 31.5 Å². The Kier molecular flexibility index (Phi) is 3.68. The minimum atomic E-state index is -0.947. The predicted octanol–water partition coefficient (Wildman–Crippen LogP) is 0.892. The number of benzene rings is 1. The number of aromatic nitrogens is 2. The highest BCUT2D eigenvalue weighted by Crippen LogP contribution is 2.27. The fourth-order valence-electron chi connectivity index (χ4n) is 3.20. The molecule has 3 heterocycles. The Hall–Kier alpha value is -2.48. The molecule has 0 radical (unpaired) electrons. The number of nitrogens with zero attached hydrogens (tertiary/aromatic N) is 3. The van der Waals surface area contributed by atoms with Crippen LogP contribution in [0.4, 0.5) is 14.6 Å². The molecule has 24 heavy (non-hydrogen) atoms. The lowest BCUT2D eigenvalue weighted by atomic mass is 10.2. The monoisotopic (exact) mass is 334 g/mol. The van der Waals surface area contributed by atoms with E-state index in [9.17, 15) is 13.6 Å². The van der Waals surface area contributed by atoms with Gasteiger partial charge in [-0.15, -0.1) is 0 Å². The third kappa shape index (κ3) is 2.52. The zero-order valence-electron chi connectivity index (χ0n) is 12.8. The van der Waals surface area contributed by atoms with Crippen molar-refractivity contribution in [2.75, 3.05) is 24.5 Å². The molecule has 2 aromatic rings. The molecule has 1 unspecified atom stereocenters. The van der Waals surface area contributed by atoms with Crippen LogP contribution in [0.3, 0.4) is 0 Å². The first-order chi connectivity index (χ1) is 11.6. The van der Waals surface area contributed by atoms with Gasteiger partial charge in [0.2, 0.25) is 5.88 Å². The van der Waals surface area contributed by atoms with E-state index in [4.69, 9.17) is 4.74 Å². The molecule has 0 bridgehead atoms. The Bertz CT molecular complexity index is 839. The predicted molar refractivity (Wildman–Crippen MR) is 83.2 cm³/mol. The lowest BCUT2D eigenvalue weighted by molar-refractivity contribution is 0.283. The van der Waals surface area contributed by atoms with E-state index in [1.54, 1.807) is 10.6 Å². The maximum absolute atomic E-state index is 13.7. The first kappa shape index (κ1) is 15.1. The quantitative estimate of drug-likeness (QED) is 0.903. The standard InChI is InChI=1S/C16H16F2N4O2/c17-12-3-1-2-10(15(12)18)9-24-13-6-14-21-5-4-19-7-11(21)8-22(14)16(23)20-13/h1-3,6,11,19H,4-5,7-9H2. The summed E-state index contributed by atoms with van der Waals surface area (Å²) in [4.78, 5) is 18.2. The number of rotatable bonds is 3. The number of halogens is 2. The highest BCUT2D eigenvalue weighted by molar-refractivity contribution is 5.47. The lowest BCUT2D eigenvalue weighted by Crippen LogP contribution is -2.49. The smallest absolute Gasteiger partial charge is 0.352 e. The van der Waals surface area contributed by atoms with Crippen LogP contribution in [0.15, 0.2) is 29.1 Å². The Morgan fingerprint density at radius 3 is 3.12 bits per heavy atom. The van der Waals surface area contributed by atoms with Crippen molar-refractivity contribution in [1.82, 2.24) is 14.9 Å². The van der Waals surface area contributed by atoms with Crippen LogP contribution in [0.2, 0.25) is 0 Å². The topological polar surface area (TPSA) is 59.4 Å². The molecule has 0 saturated carbocycles. The fourth-order valence-corrected chi connectivity index (χ4v) is 3.20. The summed E-state index contributed by atoms with van der Waals surface area (Å²) in [6.45, 7) is 2.85. The van der Waals surface area contributed by atoms with Crippen molar-refractivity contribution in [3.63, 3.8) is 0 Å². The van der Waals surface area contributed by atoms with Gasteiger partial charge in [-0.2, -0.15) is 4.98 Å². The van der Waals surface area contributed by atoms with Gasteiger partial charge in [-0.05, 0) is 6.07 Å². The van der Waals surface area contributed by atoms with Crippen molar-refractivity contribution in [2.24, 2.45) is 0 Å². The largest absolute Gasteiger partial charge is 0.472 e. The third-order valence-electron chi connectivity index (χ3n) is 4.41. The molecule has 6 nitrogen and oxygen atoms in total. The van der Waals surface area contributed by atoms with Crippen molar-refractivity contribution in [3.05, 3.63) is 51.9 Å². The first-order valence-electron chi connectivity index (χ1n) is 7.78. The summed E-state index contributed by atoms with van der Waals surface area (Å²) in [5, 5.41) is 3.30. The molecule has 2 aliphatic heterocycles. The van der Waals surface area contributed by atoms with E-state index in [0.29, 0.717) is 6.54 Å². The minimum absolute atomic E-state index is 0.0810. The molecule has 0 aliphatic carbocycles. The average molecular weight is 334 g/mol. The molecule has 1 aromatic carbocycles. The van der Waals surface area contributed by atoms with Gasteiger partial charge in [-0.3, -0.25) is 4.57 Å². The molecular formula is C16H16F2N4O2. The van der Waals surface area contributed by atoms with Crippen molar-refractivity contribution >= 4 is 5.82 Å². The molecule has 1 saturated heterocycles. The molecule has 1 fully saturated rings. The van der Waals surface area contributed by atoms with Crippen molar-refractivity contribution in [2.45, 2.75) is 19.2 Å². The summed E-state index contributed by atoms with van der Waals surface area (Å²) in [5.41, 5.74) is -0.311. The van der Waals surface area contributed by atoms with Crippen LogP contribution in [0.25, 0.3) is 0 Å². The summed E-state index contributed by atoms with van der Waals surface area (Å²) >= 11 is 0. The van der Waals surface area contributed by atoms with Crippen molar-refractivity contribution < 1.29 is 13.5 Å². The van der Waals surface area contributed by atoms with Crippen LogP contribution in [0, 0.1) is 11.6 Å². The average Bonchev–Trinajstić information content (AvgIpc) is 2.96. The number of anilines is 1. The molecule has 0 spiro atoms. The van der Waals surface area contributed by atoms with Crippen molar-refractivity contribution in [1.29, 1.82) is 0 Å². The number of nitrogens with one attached hydrogen (secondary N) is 1. The Labute approximate surface area is 136 Å². The van der Waals surface area contributed by atoms with E-state index in [2.05, 4.69) is 15.2 Å². The van der Waals surface area contributed by atoms with Gasteiger partial charge in [-0.25, -0.2) is 13.6 Å². The molecule has 1 aromatic heterocycles. The summed E-state index contributed by atoms with van der Waals surface area (Å²) in [6, 6.07) is 5.80. The summed E-state index contributed by atoms with van der Waals surface area (Å²) in [5.74, 6) is -0.996. The molecule has 4 rings (SSSR count). The van der Waals surface area contributed by atoms with Crippen LogP contribution in [0.1, 0.15) is 5.56 Å². The van der Waals surface area contributed by atoms with Crippen LogP contribution in [-0.4, -0.2) is 35.2 Å².